The fourth-order valence-corrected chi connectivity index (χ4v) is 2.33. The largest absolute Gasteiger partial charge is 0.494 e. The molecular formula is C15H20N2O2. The van der Waals surface area contributed by atoms with Gasteiger partial charge in [0.25, 0.3) is 0 Å². The molecule has 1 aromatic carbocycles. The van der Waals surface area contributed by atoms with Crippen molar-refractivity contribution in [1.29, 1.82) is 5.26 Å². The summed E-state index contributed by atoms with van der Waals surface area (Å²) in [7, 11) is 0. The Hall–Kier alpha value is -1.57. The van der Waals surface area contributed by atoms with Gasteiger partial charge < -0.3 is 14.7 Å². The smallest absolute Gasteiger partial charge is 0.119 e. The Labute approximate surface area is 114 Å². The third kappa shape index (κ3) is 4.23. The summed E-state index contributed by atoms with van der Waals surface area (Å²) >= 11 is 0. The van der Waals surface area contributed by atoms with E-state index >= 15 is 0 Å². The molecule has 1 N–H and O–H groups in total. The van der Waals surface area contributed by atoms with Gasteiger partial charge in [-0.25, -0.2) is 0 Å². The van der Waals surface area contributed by atoms with Crippen LogP contribution < -0.4 is 4.74 Å². The number of aliphatic hydroxyl groups is 1. The minimum Gasteiger partial charge on any atom is -0.494 e. The van der Waals surface area contributed by atoms with Gasteiger partial charge in [-0.05, 0) is 44.0 Å². The SMILES string of the molecule is CC1(O)CCN(CCCOc2ccc(C#N)cc2)C1. The quantitative estimate of drug-likeness (QED) is 0.820. The monoisotopic (exact) mass is 260 g/mol. The molecule has 1 unspecified atom stereocenters. The molecule has 0 bridgehead atoms. The van der Waals surface area contributed by atoms with E-state index in [2.05, 4.69) is 11.0 Å². The lowest BCUT2D eigenvalue weighted by atomic mass is 10.1. The van der Waals surface area contributed by atoms with Gasteiger partial charge in [0.1, 0.15) is 5.75 Å². The van der Waals surface area contributed by atoms with Crippen LogP contribution in [-0.4, -0.2) is 41.8 Å². The molecule has 0 saturated carbocycles. The number of benzene rings is 1. The molecule has 0 amide bonds. The fraction of sp³-hybridized carbons (Fsp3) is 0.533. The standard InChI is InChI=1S/C15H20N2O2/c1-15(18)7-9-17(12-15)8-2-10-19-14-5-3-13(11-16)4-6-14/h3-6,18H,2,7-10,12H2,1H3. The Kier molecular flexibility index (Phi) is 4.41. The van der Waals surface area contributed by atoms with Crippen molar-refractivity contribution in [2.45, 2.75) is 25.4 Å². The number of β-amino-alcohol motifs (C(OH)–C–C–N with tert-alkyl or cyclic N) is 1. The Morgan fingerprint density at radius 2 is 2.16 bits per heavy atom. The van der Waals surface area contributed by atoms with Gasteiger partial charge in [-0.2, -0.15) is 5.26 Å². The zero-order valence-corrected chi connectivity index (χ0v) is 11.3. The maximum Gasteiger partial charge on any atom is 0.119 e. The van der Waals surface area contributed by atoms with E-state index < -0.39 is 5.60 Å². The van der Waals surface area contributed by atoms with Crippen molar-refractivity contribution in [3.8, 4) is 11.8 Å². The maximum atomic E-state index is 9.85. The molecule has 0 spiro atoms. The zero-order valence-electron chi connectivity index (χ0n) is 11.3. The first-order valence-corrected chi connectivity index (χ1v) is 6.67. The average molecular weight is 260 g/mol. The van der Waals surface area contributed by atoms with Crippen LogP contribution in [0, 0.1) is 11.3 Å². The fourth-order valence-electron chi connectivity index (χ4n) is 2.33. The van der Waals surface area contributed by atoms with E-state index in [1.807, 2.05) is 19.1 Å². The first-order chi connectivity index (χ1) is 9.09. The van der Waals surface area contributed by atoms with Gasteiger partial charge in [0.2, 0.25) is 0 Å². The molecular weight excluding hydrogens is 240 g/mol. The first kappa shape index (κ1) is 13.9. The van der Waals surface area contributed by atoms with Crippen LogP contribution in [0.1, 0.15) is 25.3 Å². The van der Waals surface area contributed by atoms with Crippen LogP contribution in [0.3, 0.4) is 0 Å². The van der Waals surface area contributed by atoms with Crippen LogP contribution in [0.4, 0.5) is 0 Å². The molecule has 4 heteroatoms. The summed E-state index contributed by atoms with van der Waals surface area (Å²) < 4.78 is 5.62. The van der Waals surface area contributed by atoms with Crippen LogP contribution in [0.15, 0.2) is 24.3 Å². The lowest BCUT2D eigenvalue weighted by Gasteiger charge is -2.18. The van der Waals surface area contributed by atoms with Gasteiger partial charge in [-0.1, -0.05) is 0 Å². The minimum absolute atomic E-state index is 0.520. The zero-order chi connectivity index (χ0) is 13.7. The van der Waals surface area contributed by atoms with E-state index in [1.165, 1.54) is 0 Å². The summed E-state index contributed by atoms with van der Waals surface area (Å²) in [5, 5.41) is 18.5. The molecule has 0 aromatic heterocycles. The summed E-state index contributed by atoms with van der Waals surface area (Å²) in [6.45, 7) is 5.21. The molecule has 2 rings (SSSR count). The first-order valence-electron chi connectivity index (χ1n) is 6.67. The highest BCUT2D eigenvalue weighted by atomic mass is 16.5. The van der Waals surface area contributed by atoms with Crippen LogP contribution in [0.2, 0.25) is 0 Å². The molecule has 1 aromatic rings. The Bertz CT molecular complexity index is 448. The molecule has 1 aliphatic rings. The predicted molar refractivity (Wildman–Crippen MR) is 72.9 cm³/mol. The molecule has 4 nitrogen and oxygen atoms in total. The van der Waals surface area contributed by atoms with Crippen molar-refractivity contribution in [3.05, 3.63) is 29.8 Å². The number of ether oxygens (including phenoxy) is 1. The molecule has 1 heterocycles. The second-order valence-electron chi connectivity index (χ2n) is 5.36. The number of likely N-dealkylation sites (tertiary alicyclic amines) is 1. The number of nitrogens with zero attached hydrogens (tertiary/aromatic N) is 2. The Morgan fingerprint density at radius 1 is 1.42 bits per heavy atom. The minimum atomic E-state index is -0.520. The third-order valence-corrected chi connectivity index (χ3v) is 3.40. The van der Waals surface area contributed by atoms with Gasteiger partial charge in [-0.15, -0.1) is 0 Å². The lowest BCUT2D eigenvalue weighted by Crippen LogP contribution is -2.30. The van der Waals surface area contributed by atoms with Crippen LogP contribution in [-0.2, 0) is 0 Å². The van der Waals surface area contributed by atoms with E-state index in [0.29, 0.717) is 12.2 Å². The van der Waals surface area contributed by atoms with Crippen LogP contribution >= 0.6 is 0 Å². The van der Waals surface area contributed by atoms with Gasteiger partial charge in [0.05, 0.1) is 23.8 Å². The summed E-state index contributed by atoms with van der Waals surface area (Å²) in [5.74, 6) is 0.799. The van der Waals surface area contributed by atoms with Crippen molar-refractivity contribution in [1.82, 2.24) is 4.90 Å². The predicted octanol–water partition coefficient (Wildman–Crippen LogP) is 1.78. The van der Waals surface area contributed by atoms with E-state index in [0.717, 1.165) is 38.2 Å². The van der Waals surface area contributed by atoms with Crippen molar-refractivity contribution in [2.24, 2.45) is 0 Å². The number of nitriles is 1. The van der Waals surface area contributed by atoms with Gasteiger partial charge in [0, 0.05) is 19.6 Å². The highest BCUT2D eigenvalue weighted by Crippen LogP contribution is 2.20. The van der Waals surface area contributed by atoms with E-state index in [-0.39, 0.29) is 0 Å². The number of rotatable bonds is 5. The third-order valence-electron chi connectivity index (χ3n) is 3.40. The summed E-state index contributed by atoms with van der Waals surface area (Å²) in [5.41, 5.74) is 0.125. The molecule has 102 valence electrons. The lowest BCUT2D eigenvalue weighted by molar-refractivity contribution is 0.0681. The average Bonchev–Trinajstić information content (AvgIpc) is 2.75. The highest BCUT2D eigenvalue weighted by Gasteiger charge is 2.30. The summed E-state index contributed by atoms with van der Waals surface area (Å²) in [6, 6.07) is 9.23. The van der Waals surface area contributed by atoms with E-state index in [1.54, 1.807) is 12.1 Å². The highest BCUT2D eigenvalue weighted by molar-refractivity contribution is 5.34. The summed E-state index contributed by atoms with van der Waals surface area (Å²) in [6.07, 6.45) is 1.79. The molecule has 0 radical (unpaired) electrons. The van der Waals surface area contributed by atoms with Gasteiger partial charge >= 0.3 is 0 Å². The molecule has 1 saturated heterocycles. The summed E-state index contributed by atoms with van der Waals surface area (Å²) in [4.78, 5) is 2.27. The van der Waals surface area contributed by atoms with Crippen molar-refractivity contribution in [2.75, 3.05) is 26.2 Å². The van der Waals surface area contributed by atoms with Crippen LogP contribution in [0.25, 0.3) is 0 Å². The molecule has 1 atom stereocenters. The van der Waals surface area contributed by atoms with Gasteiger partial charge in [0.15, 0.2) is 0 Å². The topological polar surface area (TPSA) is 56.5 Å². The number of hydrogen-bond acceptors (Lipinski definition) is 4. The second-order valence-corrected chi connectivity index (χ2v) is 5.36. The van der Waals surface area contributed by atoms with Gasteiger partial charge in [-0.3, -0.25) is 0 Å². The molecule has 19 heavy (non-hydrogen) atoms. The Morgan fingerprint density at radius 3 is 2.74 bits per heavy atom. The van der Waals surface area contributed by atoms with Crippen molar-refractivity contribution < 1.29 is 9.84 Å². The van der Waals surface area contributed by atoms with Crippen molar-refractivity contribution in [3.63, 3.8) is 0 Å². The normalized spacial score (nSPS) is 23.2. The van der Waals surface area contributed by atoms with Crippen molar-refractivity contribution >= 4 is 0 Å². The molecule has 0 aliphatic carbocycles. The van der Waals surface area contributed by atoms with Crippen LogP contribution in [0.5, 0.6) is 5.75 Å². The maximum absolute atomic E-state index is 9.85. The van der Waals surface area contributed by atoms with E-state index in [4.69, 9.17) is 10.00 Å². The van der Waals surface area contributed by atoms with E-state index in [9.17, 15) is 5.11 Å². The number of hydrogen-bond donors (Lipinski definition) is 1. The second kappa shape index (κ2) is 6.05. The Balaban J connectivity index is 1.65. The molecule has 1 aliphatic heterocycles. The molecule has 1 fully saturated rings.